The molecular formula is C18H26N2O3. The van der Waals surface area contributed by atoms with Gasteiger partial charge in [-0.15, -0.1) is 0 Å². The van der Waals surface area contributed by atoms with Gasteiger partial charge in [0.15, 0.2) is 0 Å². The number of aliphatic hydroxyl groups is 1. The summed E-state index contributed by atoms with van der Waals surface area (Å²) in [7, 11) is 0. The zero-order chi connectivity index (χ0) is 17.0. The van der Waals surface area contributed by atoms with Crippen molar-refractivity contribution in [3.8, 4) is 0 Å². The number of rotatable bonds is 6. The Morgan fingerprint density at radius 1 is 1.30 bits per heavy atom. The van der Waals surface area contributed by atoms with Crippen molar-refractivity contribution < 1.29 is 14.7 Å². The molecule has 5 heteroatoms. The van der Waals surface area contributed by atoms with Gasteiger partial charge in [-0.2, -0.15) is 0 Å². The van der Waals surface area contributed by atoms with E-state index in [9.17, 15) is 14.7 Å². The molecule has 1 fully saturated rings. The number of aliphatic hydroxyl groups excluding tert-OH is 1. The van der Waals surface area contributed by atoms with Crippen LogP contribution in [0.2, 0.25) is 0 Å². The van der Waals surface area contributed by atoms with E-state index in [2.05, 4.69) is 31.4 Å². The number of amides is 2. The van der Waals surface area contributed by atoms with Gasteiger partial charge in [0.25, 0.3) is 5.91 Å². The Morgan fingerprint density at radius 2 is 2.00 bits per heavy atom. The number of nitrogens with one attached hydrogen (secondary N) is 2. The molecule has 2 rings (SSSR count). The highest BCUT2D eigenvalue weighted by Gasteiger charge is 2.29. The molecule has 3 N–H and O–H groups in total. The van der Waals surface area contributed by atoms with Gasteiger partial charge in [0.05, 0.1) is 12.6 Å². The summed E-state index contributed by atoms with van der Waals surface area (Å²) >= 11 is 0. The van der Waals surface area contributed by atoms with Gasteiger partial charge in [-0.1, -0.05) is 26.8 Å². The van der Waals surface area contributed by atoms with Crippen LogP contribution < -0.4 is 10.6 Å². The van der Waals surface area contributed by atoms with E-state index in [1.165, 1.54) is 0 Å². The highest BCUT2D eigenvalue weighted by atomic mass is 16.3. The van der Waals surface area contributed by atoms with E-state index in [1.807, 2.05) is 0 Å². The second-order valence-corrected chi connectivity index (χ2v) is 7.46. The molecule has 5 nitrogen and oxygen atoms in total. The minimum atomic E-state index is -0.285. The molecule has 0 aliphatic heterocycles. The molecule has 1 atom stereocenters. The monoisotopic (exact) mass is 318 g/mol. The average molecular weight is 318 g/mol. The molecule has 1 unspecified atom stereocenters. The van der Waals surface area contributed by atoms with Gasteiger partial charge < -0.3 is 15.7 Å². The molecule has 0 aromatic heterocycles. The lowest BCUT2D eigenvalue weighted by atomic mass is 9.88. The maximum absolute atomic E-state index is 12.3. The fourth-order valence-electron chi connectivity index (χ4n) is 2.50. The second-order valence-electron chi connectivity index (χ2n) is 7.46. The van der Waals surface area contributed by atoms with Crippen molar-refractivity contribution in [2.75, 3.05) is 11.9 Å². The fourth-order valence-corrected chi connectivity index (χ4v) is 2.50. The van der Waals surface area contributed by atoms with E-state index in [0.29, 0.717) is 17.7 Å². The summed E-state index contributed by atoms with van der Waals surface area (Å²) in [6.07, 6.45) is 2.57. The van der Waals surface area contributed by atoms with Gasteiger partial charge in [0.1, 0.15) is 0 Å². The molecule has 0 heterocycles. The first kappa shape index (κ1) is 17.5. The number of hydrogen-bond donors (Lipinski definition) is 3. The largest absolute Gasteiger partial charge is 0.394 e. The summed E-state index contributed by atoms with van der Waals surface area (Å²) in [5.41, 5.74) is 1.12. The van der Waals surface area contributed by atoms with Crippen LogP contribution in [0.25, 0.3) is 0 Å². The van der Waals surface area contributed by atoms with Gasteiger partial charge in [-0.25, -0.2) is 0 Å². The Kier molecular flexibility index (Phi) is 5.42. The summed E-state index contributed by atoms with van der Waals surface area (Å²) in [5, 5.41) is 15.1. The maximum atomic E-state index is 12.3. The normalized spacial score (nSPS) is 15.8. The Morgan fingerprint density at radius 3 is 2.57 bits per heavy atom. The summed E-state index contributed by atoms with van der Waals surface area (Å²) in [6.45, 7) is 6.10. The first-order valence-corrected chi connectivity index (χ1v) is 8.11. The molecule has 126 valence electrons. The fraction of sp³-hybridized carbons (Fsp3) is 0.556. The smallest absolute Gasteiger partial charge is 0.251 e. The molecule has 2 amide bonds. The number of anilines is 1. The zero-order valence-electron chi connectivity index (χ0n) is 14.1. The molecule has 0 radical (unpaired) electrons. The Balaban J connectivity index is 1.99. The van der Waals surface area contributed by atoms with Crippen molar-refractivity contribution in [1.29, 1.82) is 0 Å². The van der Waals surface area contributed by atoms with Crippen molar-refractivity contribution in [2.45, 2.75) is 46.1 Å². The summed E-state index contributed by atoms with van der Waals surface area (Å²) in [4.78, 5) is 24.1. The van der Waals surface area contributed by atoms with Gasteiger partial charge in [0, 0.05) is 17.2 Å². The highest BCUT2D eigenvalue weighted by Crippen LogP contribution is 2.30. The minimum Gasteiger partial charge on any atom is -0.394 e. The van der Waals surface area contributed by atoms with E-state index < -0.39 is 0 Å². The van der Waals surface area contributed by atoms with Crippen LogP contribution >= 0.6 is 0 Å². The van der Waals surface area contributed by atoms with Crippen LogP contribution in [0.15, 0.2) is 24.3 Å². The van der Waals surface area contributed by atoms with E-state index in [1.54, 1.807) is 24.3 Å². The van der Waals surface area contributed by atoms with Crippen LogP contribution in [0.5, 0.6) is 0 Å². The Labute approximate surface area is 137 Å². The van der Waals surface area contributed by atoms with E-state index >= 15 is 0 Å². The van der Waals surface area contributed by atoms with E-state index in [-0.39, 0.29) is 35.8 Å². The van der Waals surface area contributed by atoms with Crippen LogP contribution in [-0.2, 0) is 4.79 Å². The van der Waals surface area contributed by atoms with Crippen LogP contribution in [0.4, 0.5) is 5.69 Å². The molecule has 0 bridgehead atoms. The van der Waals surface area contributed by atoms with Crippen LogP contribution in [0.1, 0.15) is 50.4 Å². The standard InChI is InChI=1S/C18H26N2O3/c1-18(2,3)10-15(11-21)20-17(23)13-5-4-6-14(9-13)19-16(22)12-7-8-12/h4-6,9,12,15,21H,7-8,10-11H2,1-3H3,(H,19,22)(H,20,23). The first-order valence-electron chi connectivity index (χ1n) is 8.11. The Bertz CT molecular complexity index is 574. The number of hydrogen-bond acceptors (Lipinski definition) is 3. The molecule has 1 aromatic rings. The maximum Gasteiger partial charge on any atom is 0.251 e. The first-order chi connectivity index (χ1) is 10.8. The van der Waals surface area contributed by atoms with Crippen molar-refractivity contribution in [1.82, 2.24) is 5.32 Å². The predicted molar refractivity (Wildman–Crippen MR) is 90.2 cm³/mol. The number of carbonyl (C=O) groups is 2. The SMILES string of the molecule is CC(C)(C)CC(CO)NC(=O)c1cccc(NC(=O)C2CC2)c1. The minimum absolute atomic E-state index is 0.0146. The molecule has 1 aromatic carbocycles. The highest BCUT2D eigenvalue weighted by molar-refractivity contribution is 5.98. The predicted octanol–water partition coefficient (Wildman–Crippen LogP) is 2.56. The quantitative estimate of drug-likeness (QED) is 0.754. The number of benzene rings is 1. The van der Waals surface area contributed by atoms with Crippen molar-refractivity contribution in [3.63, 3.8) is 0 Å². The average Bonchev–Trinajstić information content (AvgIpc) is 3.30. The third-order valence-electron chi connectivity index (χ3n) is 3.75. The van der Waals surface area contributed by atoms with E-state index in [4.69, 9.17) is 0 Å². The van der Waals surface area contributed by atoms with Gasteiger partial charge in [-0.3, -0.25) is 9.59 Å². The molecule has 1 aliphatic carbocycles. The van der Waals surface area contributed by atoms with Crippen LogP contribution in [0, 0.1) is 11.3 Å². The third kappa shape index (κ3) is 5.67. The van der Waals surface area contributed by atoms with Crippen molar-refractivity contribution in [3.05, 3.63) is 29.8 Å². The van der Waals surface area contributed by atoms with Crippen molar-refractivity contribution in [2.24, 2.45) is 11.3 Å². The lowest BCUT2D eigenvalue weighted by Gasteiger charge is -2.25. The Hall–Kier alpha value is -1.88. The lowest BCUT2D eigenvalue weighted by Crippen LogP contribution is -2.40. The molecule has 23 heavy (non-hydrogen) atoms. The van der Waals surface area contributed by atoms with Crippen LogP contribution in [0.3, 0.4) is 0 Å². The number of carbonyl (C=O) groups excluding carboxylic acids is 2. The van der Waals surface area contributed by atoms with Crippen molar-refractivity contribution >= 4 is 17.5 Å². The second kappa shape index (κ2) is 7.13. The topological polar surface area (TPSA) is 78.4 Å². The molecule has 0 spiro atoms. The summed E-state index contributed by atoms with van der Waals surface area (Å²) in [6, 6.07) is 6.60. The third-order valence-corrected chi connectivity index (χ3v) is 3.75. The lowest BCUT2D eigenvalue weighted by molar-refractivity contribution is -0.117. The molecule has 0 saturated heterocycles. The van der Waals surface area contributed by atoms with Gasteiger partial charge in [0.2, 0.25) is 5.91 Å². The zero-order valence-corrected chi connectivity index (χ0v) is 14.1. The van der Waals surface area contributed by atoms with Gasteiger partial charge >= 0.3 is 0 Å². The van der Waals surface area contributed by atoms with E-state index in [0.717, 1.165) is 12.8 Å². The van der Waals surface area contributed by atoms with Gasteiger partial charge in [-0.05, 0) is 42.9 Å². The summed E-state index contributed by atoms with van der Waals surface area (Å²) < 4.78 is 0. The molecular weight excluding hydrogens is 292 g/mol. The molecule has 1 saturated carbocycles. The summed E-state index contributed by atoms with van der Waals surface area (Å²) in [5.74, 6) is -0.0996. The van der Waals surface area contributed by atoms with Crippen LogP contribution in [-0.4, -0.2) is 29.6 Å². The molecule has 1 aliphatic rings.